The number of hydrogen-bond donors (Lipinski definition) is 1. The average molecular weight is 221 g/mol. The van der Waals surface area contributed by atoms with Crippen molar-refractivity contribution in [1.82, 2.24) is 4.98 Å². The summed E-state index contributed by atoms with van der Waals surface area (Å²) in [6.45, 7) is 7.29. The summed E-state index contributed by atoms with van der Waals surface area (Å²) >= 11 is 0. The van der Waals surface area contributed by atoms with E-state index in [4.69, 9.17) is 5.73 Å². The molecule has 0 saturated heterocycles. The minimum Gasteiger partial charge on any atom is -0.357 e. The number of nitrogens with zero attached hydrogens (tertiary/aromatic N) is 2. The summed E-state index contributed by atoms with van der Waals surface area (Å²) in [4.78, 5) is 6.61. The van der Waals surface area contributed by atoms with Crippen LogP contribution in [0.25, 0.3) is 0 Å². The molecular weight excluding hydrogens is 198 g/mol. The molecule has 3 heteroatoms. The van der Waals surface area contributed by atoms with Gasteiger partial charge in [-0.25, -0.2) is 4.98 Å². The zero-order chi connectivity index (χ0) is 12.1. The van der Waals surface area contributed by atoms with Crippen molar-refractivity contribution in [1.29, 1.82) is 0 Å². The lowest BCUT2D eigenvalue weighted by Crippen LogP contribution is -2.30. The van der Waals surface area contributed by atoms with Crippen LogP contribution in [0.15, 0.2) is 18.3 Å². The molecule has 16 heavy (non-hydrogen) atoms. The van der Waals surface area contributed by atoms with Crippen LogP contribution in [-0.4, -0.2) is 18.1 Å². The van der Waals surface area contributed by atoms with E-state index in [0.717, 1.165) is 11.4 Å². The van der Waals surface area contributed by atoms with E-state index in [2.05, 4.69) is 43.8 Å². The standard InChI is InChI=1S/C13H23N3/c1-10(2)7-11(3)16(4)13-8-12(9-14)5-6-15-13/h5-6,8,10-11H,7,9,14H2,1-4H3. The van der Waals surface area contributed by atoms with E-state index in [1.807, 2.05) is 12.3 Å². The molecule has 1 heterocycles. The number of anilines is 1. The zero-order valence-electron chi connectivity index (χ0n) is 10.8. The number of pyridine rings is 1. The Balaban J connectivity index is 2.74. The first kappa shape index (κ1) is 13.0. The highest BCUT2D eigenvalue weighted by Crippen LogP contribution is 2.17. The maximum atomic E-state index is 5.63. The van der Waals surface area contributed by atoms with Crippen LogP contribution in [0.5, 0.6) is 0 Å². The Morgan fingerprint density at radius 3 is 2.62 bits per heavy atom. The van der Waals surface area contributed by atoms with Crippen molar-refractivity contribution in [2.24, 2.45) is 11.7 Å². The van der Waals surface area contributed by atoms with E-state index >= 15 is 0 Å². The fourth-order valence-electron chi connectivity index (χ4n) is 1.85. The molecule has 0 bridgehead atoms. The molecule has 90 valence electrons. The summed E-state index contributed by atoms with van der Waals surface area (Å²) < 4.78 is 0. The molecular formula is C13H23N3. The number of nitrogens with two attached hydrogens (primary N) is 1. The molecule has 0 aliphatic rings. The third-order valence-electron chi connectivity index (χ3n) is 2.88. The van der Waals surface area contributed by atoms with Crippen LogP contribution in [0.3, 0.4) is 0 Å². The maximum Gasteiger partial charge on any atom is 0.128 e. The maximum absolute atomic E-state index is 5.63. The highest BCUT2D eigenvalue weighted by molar-refractivity contribution is 5.41. The Morgan fingerprint density at radius 1 is 1.38 bits per heavy atom. The summed E-state index contributed by atoms with van der Waals surface area (Å²) in [7, 11) is 2.09. The van der Waals surface area contributed by atoms with Gasteiger partial charge in [-0.05, 0) is 37.0 Å². The molecule has 0 radical (unpaired) electrons. The van der Waals surface area contributed by atoms with Crippen molar-refractivity contribution in [2.75, 3.05) is 11.9 Å². The van der Waals surface area contributed by atoms with Crippen LogP contribution < -0.4 is 10.6 Å². The predicted molar refractivity (Wildman–Crippen MR) is 69.4 cm³/mol. The van der Waals surface area contributed by atoms with Gasteiger partial charge in [0.05, 0.1) is 0 Å². The van der Waals surface area contributed by atoms with Crippen molar-refractivity contribution < 1.29 is 0 Å². The first-order valence-electron chi connectivity index (χ1n) is 5.92. The number of aromatic nitrogens is 1. The summed E-state index contributed by atoms with van der Waals surface area (Å²) in [5.74, 6) is 1.71. The van der Waals surface area contributed by atoms with Gasteiger partial charge < -0.3 is 10.6 Å². The Kier molecular flexibility index (Phi) is 4.74. The van der Waals surface area contributed by atoms with Crippen LogP contribution in [-0.2, 0) is 6.54 Å². The third kappa shape index (κ3) is 3.49. The van der Waals surface area contributed by atoms with Crippen molar-refractivity contribution in [3.8, 4) is 0 Å². The van der Waals surface area contributed by atoms with Crippen molar-refractivity contribution >= 4 is 5.82 Å². The molecule has 1 aromatic rings. The molecule has 0 fully saturated rings. The van der Waals surface area contributed by atoms with E-state index in [1.165, 1.54) is 6.42 Å². The highest BCUT2D eigenvalue weighted by Gasteiger charge is 2.12. The van der Waals surface area contributed by atoms with Crippen molar-refractivity contribution in [3.63, 3.8) is 0 Å². The molecule has 1 atom stereocenters. The molecule has 0 saturated carbocycles. The summed E-state index contributed by atoms with van der Waals surface area (Å²) in [5.41, 5.74) is 6.76. The fraction of sp³-hybridized carbons (Fsp3) is 0.615. The van der Waals surface area contributed by atoms with E-state index in [9.17, 15) is 0 Å². The number of rotatable bonds is 5. The van der Waals surface area contributed by atoms with Crippen molar-refractivity contribution in [2.45, 2.75) is 39.8 Å². The van der Waals surface area contributed by atoms with E-state index in [-0.39, 0.29) is 0 Å². The van der Waals surface area contributed by atoms with E-state index in [0.29, 0.717) is 18.5 Å². The molecule has 1 unspecified atom stereocenters. The van der Waals surface area contributed by atoms with Crippen molar-refractivity contribution in [3.05, 3.63) is 23.9 Å². The molecule has 1 rings (SSSR count). The first-order valence-corrected chi connectivity index (χ1v) is 5.92. The number of hydrogen-bond acceptors (Lipinski definition) is 3. The lowest BCUT2D eigenvalue weighted by molar-refractivity contribution is 0.502. The van der Waals surface area contributed by atoms with Gasteiger partial charge in [-0.1, -0.05) is 13.8 Å². The quantitative estimate of drug-likeness (QED) is 0.830. The van der Waals surface area contributed by atoms with Crippen LogP contribution >= 0.6 is 0 Å². The smallest absolute Gasteiger partial charge is 0.128 e. The molecule has 3 nitrogen and oxygen atoms in total. The van der Waals surface area contributed by atoms with Gasteiger partial charge in [0, 0.05) is 25.8 Å². The normalized spacial score (nSPS) is 12.9. The monoisotopic (exact) mass is 221 g/mol. The van der Waals surface area contributed by atoms with Crippen LogP contribution in [0, 0.1) is 5.92 Å². The van der Waals surface area contributed by atoms with Crippen LogP contribution in [0.2, 0.25) is 0 Å². The second-order valence-electron chi connectivity index (χ2n) is 4.82. The minimum absolute atomic E-state index is 0.500. The van der Waals surface area contributed by atoms with Gasteiger partial charge in [0.2, 0.25) is 0 Å². The Bertz CT molecular complexity index is 323. The van der Waals surface area contributed by atoms with Gasteiger partial charge in [-0.15, -0.1) is 0 Å². The molecule has 0 aromatic carbocycles. The summed E-state index contributed by atoms with van der Waals surface area (Å²) in [5, 5.41) is 0. The average Bonchev–Trinajstić information content (AvgIpc) is 2.27. The van der Waals surface area contributed by atoms with Gasteiger partial charge in [-0.2, -0.15) is 0 Å². The molecule has 0 aliphatic heterocycles. The van der Waals surface area contributed by atoms with Gasteiger partial charge in [0.1, 0.15) is 5.82 Å². The largest absolute Gasteiger partial charge is 0.357 e. The predicted octanol–water partition coefficient (Wildman–Crippen LogP) is 2.41. The zero-order valence-corrected chi connectivity index (χ0v) is 10.8. The van der Waals surface area contributed by atoms with Gasteiger partial charge >= 0.3 is 0 Å². The van der Waals surface area contributed by atoms with E-state index < -0.39 is 0 Å². The van der Waals surface area contributed by atoms with Gasteiger partial charge in [0.25, 0.3) is 0 Å². The Labute approximate surface area is 98.7 Å². The van der Waals surface area contributed by atoms with Gasteiger partial charge in [0.15, 0.2) is 0 Å². The fourth-order valence-corrected chi connectivity index (χ4v) is 1.85. The minimum atomic E-state index is 0.500. The van der Waals surface area contributed by atoms with Crippen LogP contribution in [0.1, 0.15) is 32.8 Å². The lowest BCUT2D eigenvalue weighted by Gasteiger charge is -2.27. The van der Waals surface area contributed by atoms with Gasteiger partial charge in [-0.3, -0.25) is 0 Å². The highest BCUT2D eigenvalue weighted by atomic mass is 15.2. The first-order chi connectivity index (χ1) is 7.54. The summed E-state index contributed by atoms with van der Waals surface area (Å²) in [6, 6.07) is 4.53. The summed E-state index contributed by atoms with van der Waals surface area (Å²) in [6.07, 6.45) is 3.00. The van der Waals surface area contributed by atoms with Crippen LogP contribution in [0.4, 0.5) is 5.82 Å². The second-order valence-corrected chi connectivity index (χ2v) is 4.82. The molecule has 0 amide bonds. The topological polar surface area (TPSA) is 42.1 Å². The SMILES string of the molecule is CC(C)CC(C)N(C)c1cc(CN)ccn1. The molecule has 0 aliphatic carbocycles. The Hall–Kier alpha value is -1.09. The molecule has 1 aromatic heterocycles. The van der Waals surface area contributed by atoms with E-state index in [1.54, 1.807) is 0 Å². The Morgan fingerprint density at radius 2 is 2.06 bits per heavy atom. The molecule has 0 spiro atoms. The second kappa shape index (κ2) is 5.85. The third-order valence-corrected chi connectivity index (χ3v) is 2.88. The lowest BCUT2D eigenvalue weighted by atomic mass is 10.0. The molecule has 2 N–H and O–H groups in total.